The smallest absolute Gasteiger partial charge is 0.191 e. The highest BCUT2D eigenvalue weighted by Gasteiger charge is 2.19. The van der Waals surface area contributed by atoms with E-state index >= 15 is 0 Å². The summed E-state index contributed by atoms with van der Waals surface area (Å²) in [5.41, 5.74) is 3.74. The monoisotopic (exact) mass is 412 g/mol. The Morgan fingerprint density at radius 2 is 1.86 bits per heavy atom. The third-order valence-electron chi connectivity index (χ3n) is 4.85. The molecule has 0 unspecified atom stereocenters. The molecular weight excluding hydrogens is 384 g/mol. The summed E-state index contributed by atoms with van der Waals surface area (Å²) in [6.07, 6.45) is 0. The minimum Gasteiger partial charge on any atom is -0.494 e. The number of aromatic nitrogens is 4. The molecule has 29 heavy (non-hydrogen) atoms. The molecule has 2 aromatic heterocycles. The zero-order chi connectivity index (χ0) is 21.1. The molecule has 3 rings (SSSR count). The van der Waals surface area contributed by atoms with E-state index in [4.69, 9.17) is 4.74 Å². The Morgan fingerprint density at radius 3 is 2.45 bits per heavy atom. The van der Waals surface area contributed by atoms with Crippen molar-refractivity contribution in [2.75, 3.05) is 12.4 Å². The van der Waals surface area contributed by atoms with Gasteiger partial charge in [0.2, 0.25) is 0 Å². The van der Waals surface area contributed by atoms with Crippen LogP contribution in [-0.4, -0.2) is 37.5 Å². The van der Waals surface area contributed by atoms with Gasteiger partial charge in [0.25, 0.3) is 0 Å². The molecule has 154 valence electrons. The summed E-state index contributed by atoms with van der Waals surface area (Å²) in [6, 6.07) is 9.90. The SMILES string of the molecule is CCOc1ccc(-n2c(C)cc(C(=O)CSc3nnc(C(C)C)n3C)c2C)cc1. The number of hydrogen-bond donors (Lipinski definition) is 0. The van der Waals surface area contributed by atoms with E-state index in [-0.39, 0.29) is 5.78 Å². The molecule has 0 saturated heterocycles. The summed E-state index contributed by atoms with van der Waals surface area (Å²) in [5, 5.41) is 9.22. The van der Waals surface area contributed by atoms with Crippen LogP contribution in [0.5, 0.6) is 5.75 Å². The highest BCUT2D eigenvalue weighted by molar-refractivity contribution is 7.99. The van der Waals surface area contributed by atoms with Gasteiger partial charge in [-0.05, 0) is 51.1 Å². The van der Waals surface area contributed by atoms with E-state index in [9.17, 15) is 4.79 Å². The van der Waals surface area contributed by atoms with Crippen LogP contribution in [0.4, 0.5) is 0 Å². The fraction of sp³-hybridized carbons (Fsp3) is 0.409. The van der Waals surface area contributed by atoms with Gasteiger partial charge in [0, 0.05) is 35.6 Å². The topological polar surface area (TPSA) is 61.9 Å². The van der Waals surface area contributed by atoms with Gasteiger partial charge in [-0.1, -0.05) is 25.6 Å². The normalized spacial score (nSPS) is 11.3. The van der Waals surface area contributed by atoms with Crippen LogP contribution in [0.25, 0.3) is 5.69 Å². The molecule has 0 saturated carbocycles. The van der Waals surface area contributed by atoms with Crippen LogP contribution in [0.3, 0.4) is 0 Å². The Morgan fingerprint density at radius 1 is 1.17 bits per heavy atom. The van der Waals surface area contributed by atoms with Gasteiger partial charge >= 0.3 is 0 Å². The molecule has 1 aromatic carbocycles. The van der Waals surface area contributed by atoms with E-state index in [2.05, 4.69) is 28.6 Å². The van der Waals surface area contributed by atoms with E-state index < -0.39 is 0 Å². The van der Waals surface area contributed by atoms with Crippen molar-refractivity contribution >= 4 is 17.5 Å². The minimum absolute atomic E-state index is 0.0920. The molecule has 6 nitrogen and oxygen atoms in total. The van der Waals surface area contributed by atoms with Gasteiger partial charge in [-0.2, -0.15) is 0 Å². The Hall–Kier alpha value is -2.54. The number of ketones is 1. The highest BCUT2D eigenvalue weighted by Crippen LogP contribution is 2.26. The number of Topliss-reactive ketones (excluding diaryl/α,β-unsaturated/α-hetero) is 1. The first-order chi connectivity index (χ1) is 13.8. The van der Waals surface area contributed by atoms with E-state index in [1.165, 1.54) is 11.8 Å². The third-order valence-corrected chi connectivity index (χ3v) is 5.88. The second-order valence-electron chi connectivity index (χ2n) is 7.31. The molecule has 0 aliphatic rings. The lowest BCUT2D eigenvalue weighted by atomic mass is 10.2. The van der Waals surface area contributed by atoms with Crippen molar-refractivity contribution in [2.24, 2.45) is 7.05 Å². The molecular formula is C22H28N4O2S. The summed E-state index contributed by atoms with van der Waals surface area (Å²) in [5.74, 6) is 2.49. The first kappa shape index (κ1) is 21.2. The van der Waals surface area contributed by atoms with Crippen molar-refractivity contribution in [3.63, 3.8) is 0 Å². The Balaban J connectivity index is 1.77. The molecule has 0 spiro atoms. The third kappa shape index (κ3) is 4.40. The number of thioether (sulfide) groups is 1. The van der Waals surface area contributed by atoms with Gasteiger partial charge in [-0.3, -0.25) is 4.79 Å². The number of carbonyl (C=O) groups excluding carboxylic acids is 1. The summed E-state index contributed by atoms with van der Waals surface area (Å²) in [7, 11) is 1.94. The predicted molar refractivity (Wildman–Crippen MR) is 117 cm³/mol. The second-order valence-corrected chi connectivity index (χ2v) is 8.26. The largest absolute Gasteiger partial charge is 0.494 e. The molecule has 2 heterocycles. The number of carbonyl (C=O) groups is 1. The van der Waals surface area contributed by atoms with Gasteiger partial charge < -0.3 is 13.9 Å². The van der Waals surface area contributed by atoms with Crippen LogP contribution in [0.2, 0.25) is 0 Å². The summed E-state index contributed by atoms with van der Waals surface area (Å²) in [4.78, 5) is 12.9. The van der Waals surface area contributed by atoms with Gasteiger partial charge in [0.05, 0.1) is 12.4 Å². The van der Waals surface area contributed by atoms with Crippen LogP contribution in [0, 0.1) is 13.8 Å². The number of ether oxygens (including phenoxy) is 1. The molecule has 0 atom stereocenters. The van der Waals surface area contributed by atoms with E-state index in [0.29, 0.717) is 18.3 Å². The molecule has 0 aliphatic heterocycles. The molecule has 0 aliphatic carbocycles. The van der Waals surface area contributed by atoms with Crippen molar-refractivity contribution in [3.8, 4) is 11.4 Å². The van der Waals surface area contributed by atoms with Gasteiger partial charge in [0.15, 0.2) is 10.9 Å². The second kappa shape index (κ2) is 8.86. The van der Waals surface area contributed by atoms with Crippen molar-refractivity contribution in [3.05, 3.63) is 53.1 Å². The molecule has 7 heteroatoms. The van der Waals surface area contributed by atoms with E-state index in [0.717, 1.165) is 39.4 Å². The maximum atomic E-state index is 12.9. The Labute approximate surface area is 176 Å². The van der Waals surface area contributed by atoms with Crippen LogP contribution >= 0.6 is 11.8 Å². The van der Waals surface area contributed by atoms with E-state index in [1.807, 2.05) is 62.7 Å². The van der Waals surface area contributed by atoms with Crippen molar-refractivity contribution in [1.82, 2.24) is 19.3 Å². The molecule has 0 N–H and O–H groups in total. The average Bonchev–Trinajstić information content (AvgIpc) is 3.20. The summed E-state index contributed by atoms with van der Waals surface area (Å²) < 4.78 is 9.59. The molecule has 0 amide bonds. The Kier molecular flexibility index (Phi) is 6.47. The van der Waals surface area contributed by atoms with Crippen molar-refractivity contribution in [2.45, 2.75) is 45.7 Å². The van der Waals surface area contributed by atoms with Crippen molar-refractivity contribution in [1.29, 1.82) is 0 Å². The lowest BCUT2D eigenvalue weighted by Gasteiger charge is -2.11. The first-order valence-electron chi connectivity index (χ1n) is 9.80. The number of nitrogens with zero attached hydrogens (tertiary/aromatic N) is 4. The first-order valence-corrected chi connectivity index (χ1v) is 10.8. The lowest BCUT2D eigenvalue weighted by Crippen LogP contribution is -2.07. The van der Waals surface area contributed by atoms with Gasteiger partial charge in [0.1, 0.15) is 11.6 Å². The van der Waals surface area contributed by atoms with Crippen LogP contribution < -0.4 is 4.74 Å². The molecule has 0 radical (unpaired) electrons. The number of aryl methyl sites for hydroxylation is 1. The quantitative estimate of drug-likeness (QED) is 0.396. The van der Waals surface area contributed by atoms with Crippen LogP contribution in [0.1, 0.15) is 54.3 Å². The fourth-order valence-corrected chi connectivity index (χ4v) is 4.26. The number of hydrogen-bond acceptors (Lipinski definition) is 5. The van der Waals surface area contributed by atoms with Crippen LogP contribution in [-0.2, 0) is 7.05 Å². The summed E-state index contributed by atoms with van der Waals surface area (Å²) >= 11 is 1.43. The maximum Gasteiger partial charge on any atom is 0.191 e. The molecule has 0 fully saturated rings. The van der Waals surface area contributed by atoms with Crippen LogP contribution in [0.15, 0.2) is 35.5 Å². The molecule has 0 bridgehead atoms. The zero-order valence-corrected chi connectivity index (χ0v) is 18.7. The number of rotatable bonds is 8. The van der Waals surface area contributed by atoms with Gasteiger partial charge in [-0.25, -0.2) is 0 Å². The number of benzene rings is 1. The highest BCUT2D eigenvalue weighted by atomic mass is 32.2. The van der Waals surface area contributed by atoms with Crippen molar-refractivity contribution < 1.29 is 9.53 Å². The maximum absolute atomic E-state index is 12.9. The fourth-order valence-electron chi connectivity index (χ4n) is 3.46. The lowest BCUT2D eigenvalue weighted by molar-refractivity contribution is 0.102. The summed E-state index contributed by atoms with van der Waals surface area (Å²) in [6.45, 7) is 10.8. The molecule has 3 aromatic rings. The zero-order valence-electron chi connectivity index (χ0n) is 17.9. The Bertz CT molecular complexity index is 1000. The minimum atomic E-state index is 0.0920. The van der Waals surface area contributed by atoms with E-state index in [1.54, 1.807) is 0 Å². The average molecular weight is 413 g/mol. The van der Waals surface area contributed by atoms with Gasteiger partial charge in [-0.15, -0.1) is 10.2 Å². The standard InChI is InChI=1S/C22H28N4O2S/c1-7-28-18-10-8-17(9-11-18)26-15(4)12-19(16(26)5)20(27)13-29-22-24-23-21(14(2)3)25(22)6/h8-12,14H,7,13H2,1-6H3. The predicted octanol–water partition coefficient (Wildman–Crippen LogP) is 4.72.